The van der Waals surface area contributed by atoms with Crippen molar-refractivity contribution in [2.75, 3.05) is 7.11 Å². The van der Waals surface area contributed by atoms with Crippen molar-refractivity contribution < 1.29 is 23.8 Å². The van der Waals surface area contributed by atoms with E-state index in [1.807, 2.05) is 20.8 Å². The Bertz CT molecular complexity index is 1140. The zero-order valence-electron chi connectivity index (χ0n) is 23.1. The van der Waals surface area contributed by atoms with E-state index in [1.165, 1.54) is 29.1 Å². The van der Waals surface area contributed by atoms with Crippen molar-refractivity contribution in [1.29, 1.82) is 0 Å². The molecule has 0 aliphatic rings. The number of aryl methyl sites for hydroxylation is 1. The van der Waals surface area contributed by atoms with Crippen molar-refractivity contribution >= 4 is 29.4 Å². The SMILES string of the molecule is COC(=O)N=CCCCC(C)c1cc(O)c(C(=O)C(C)C(C)(C)Cc2ccc(CCC(C)C)s2)c(=O)o1. The Labute approximate surface area is 224 Å². The van der Waals surface area contributed by atoms with Gasteiger partial charge in [-0.25, -0.2) is 9.59 Å². The van der Waals surface area contributed by atoms with Crippen LogP contribution in [0.25, 0.3) is 0 Å². The first-order valence-corrected chi connectivity index (χ1v) is 13.8. The van der Waals surface area contributed by atoms with Crippen LogP contribution in [0, 0.1) is 17.3 Å². The van der Waals surface area contributed by atoms with Gasteiger partial charge in [-0.1, -0.05) is 41.5 Å². The van der Waals surface area contributed by atoms with Crippen LogP contribution in [0.1, 0.15) is 99.0 Å². The van der Waals surface area contributed by atoms with Crippen LogP contribution in [0.4, 0.5) is 4.79 Å². The minimum Gasteiger partial charge on any atom is -0.507 e. The van der Waals surface area contributed by atoms with Crippen molar-refractivity contribution in [3.8, 4) is 5.75 Å². The second-order valence-corrected chi connectivity index (χ2v) is 12.1. The molecule has 7 nitrogen and oxygen atoms in total. The maximum Gasteiger partial charge on any atom is 0.432 e. The van der Waals surface area contributed by atoms with Crippen LogP contribution in [-0.4, -0.2) is 30.3 Å². The van der Waals surface area contributed by atoms with Crippen LogP contribution in [0.2, 0.25) is 0 Å². The highest BCUT2D eigenvalue weighted by atomic mass is 32.1. The van der Waals surface area contributed by atoms with Crippen molar-refractivity contribution in [2.24, 2.45) is 22.2 Å². The van der Waals surface area contributed by atoms with Crippen LogP contribution in [0.15, 0.2) is 32.4 Å². The minimum atomic E-state index is -0.811. The molecule has 0 aliphatic carbocycles. The van der Waals surface area contributed by atoms with Gasteiger partial charge in [0.15, 0.2) is 5.78 Å². The molecule has 2 aromatic heterocycles. The van der Waals surface area contributed by atoms with E-state index in [-0.39, 0.29) is 17.2 Å². The lowest BCUT2D eigenvalue weighted by Crippen LogP contribution is -2.33. The number of ether oxygens (including phenoxy) is 1. The van der Waals surface area contributed by atoms with E-state index in [1.54, 1.807) is 18.3 Å². The van der Waals surface area contributed by atoms with E-state index in [9.17, 15) is 19.5 Å². The number of Topliss-reactive ketones (excluding diaryl/α,β-unsaturated/α-hetero) is 1. The highest BCUT2D eigenvalue weighted by Crippen LogP contribution is 2.36. The van der Waals surface area contributed by atoms with Crippen LogP contribution in [0.5, 0.6) is 5.75 Å². The van der Waals surface area contributed by atoms with Crippen molar-refractivity contribution in [3.05, 3.63) is 49.7 Å². The van der Waals surface area contributed by atoms with Crippen LogP contribution >= 0.6 is 11.3 Å². The molecular formula is C29H41NO6S. The van der Waals surface area contributed by atoms with E-state index in [2.05, 4.69) is 35.7 Å². The normalized spacial score (nSPS) is 13.7. The largest absolute Gasteiger partial charge is 0.507 e. The van der Waals surface area contributed by atoms with Gasteiger partial charge in [0.2, 0.25) is 0 Å². The molecule has 37 heavy (non-hydrogen) atoms. The summed E-state index contributed by atoms with van der Waals surface area (Å²) in [5, 5.41) is 10.6. The Morgan fingerprint density at radius 3 is 2.46 bits per heavy atom. The molecule has 0 saturated heterocycles. The average Bonchev–Trinajstić information content (AvgIpc) is 3.27. The summed E-state index contributed by atoms with van der Waals surface area (Å²) in [6, 6.07) is 5.67. The Hall–Kier alpha value is -2.74. The summed E-state index contributed by atoms with van der Waals surface area (Å²) in [6.45, 7) is 12.1. The van der Waals surface area contributed by atoms with Gasteiger partial charge in [0.25, 0.3) is 0 Å². The Kier molecular flexibility index (Phi) is 11.3. The molecule has 0 aliphatic heterocycles. The third-order valence-electron chi connectivity index (χ3n) is 6.90. The number of nitrogens with zero attached hydrogens (tertiary/aromatic N) is 1. The number of aromatic hydroxyl groups is 1. The molecule has 0 spiro atoms. The second-order valence-electron chi connectivity index (χ2n) is 10.9. The summed E-state index contributed by atoms with van der Waals surface area (Å²) in [7, 11) is 1.26. The van der Waals surface area contributed by atoms with E-state index in [4.69, 9.17) is 4.42 Å². The van der Waals surface area contributed by atoms with Gasteiger partial charge in [0.05, 0.1) is 7.11 Å². The first-order chi connectivity index (χ1) is 17.4. The highest BCUT2D eigenvalue weighted by Gasteiger charge is 2.35. The molecule has 1 amide bonds. The number of thiophene rings is 1. The van der Waals surface area contributed by atoms with Crippen LogP contribution < -0.4 is 5.63 Å². The summed E-state index contributed by atoms with van der Waals surface area (Å²) in [5.74, 6) is -0.438. The van der Waals surface area contributed by atoms with Crippen LogP contribution in [-0.2, 0) is 17.6 Å². The zero-order valence-corrected chi connectivity index (χ0v) is 23.9. The van der Waals surface area contributed by atoms with Crippen molar-refractivity contribution in [2.45, 2.75) is 86.0 Å². The Morgan fingerprint density at radius 2 is 1.84 bits per heavy atom. The standard InChI is InChI=1S/C29H41NO6S/c1-18(2)11-12-21-13-14-22(37-21)17-29(5,6)20(4)26(32)25-23(31)16-24(36-27(25)33)19(3)10-8-9-15-30-28(34)35-7/h13-16,18-20,31H,8-12,17H2,1-7H3. The number of rotatable bonds is 13. The molecule has 0 fully saturated rings. The molecule has 0 aromatic carbocycles. The number of methoxy groups -OCH3 is 1. The van der Waals surface area contributed by atoms with Gasteiger partial charge < -0.3 is 14.3 Å². The third kappa shape index (κ3) is 8.95. The third-order valence-corrected chi connectivity index (χ3v) is 8.05. The number of carbonyl (C=O) groups excluding carboxylic acids is 2. The maximum absolute atomic E-state index is 13.3. The Balaban J connectivity index is 2.07. The molecule has 1 N–H and O–H groups in total. The smallest absolute Gasteiger partial charge is 0.432 e. The topological polar surface area (TPSA) is 106 Å². The molecule has 0 bridgehead atoms. The molecule has 2 unspecified atom stereocenters. The van der Waals surface area contributed by atoms with Gasteiger partial charge in [-0.3, -0.25) is 4.79 Å². The lowest BCUT2D eigenvalue weighted by molar-refractivity contribution is 0.0812. The van der Waals surface area contributed by atoms with Crippen molar-refractivity contribution in [1.82, 2.24) is 0 Å². The van der Waals surface area contributed by atoms with Gasteiger partial charge in [0, 0.05) is 33.9 Å². The van der Waals surface area contributed by atoms with E-state index in [0.29, 0.717) is 37.4 Å². The summed E-state index contributed by atoms with van der Waals surface area (Å²) in [6.07, 6.45) is 5.63. The first-order valence-electron chi connectivity index (χ1n) is 12.9. The van der Waals surface area contributed by atoms with E-state index < -0.39 is 28.8 Å². The fraction of sp³-hybridized carbons (Fsp3) is 0.586. The van der Waals surface area contributed by atoms with E-state index >= 15 is 0 Å². The Morgan fingerprint density at radius 1 is 1.16 bits per heavy atom. The fourth-order valence-electron chi connectivity index (χ4n) is 4.07. The second kappa shape index (κ2) is 13.7. The number of aliphatic imine (C=N–C) groups is 1. The molecule has 2 rings (SSSR count). The summed E-state index contributed by atoms with van der Waals surface area (Å²) in [4.78, 5) is 43.3. The number of carbonyl (C=O) groups is 2. The minimum absolute atomic E-state index is 0.160. The zero-order chi connectivity index (χ0) is 27.8. The molecule has 2 heterocycles. The van der Waals surface area contributed by atoms with Gasteiger partial charge in [0.1, 0.15) is 17.1 Å². The van der Waals surface area contributed by atoms with Gasteiger partial charge in [-0.05, 0) is 62.0 Å². The number of amides is 1. The predicted octanol–water partition coefficient (Wildman–Crippen LogP) is 7.19. The van der Waals surface area contributed by atoms with Crippen LogP contribution in [0.3, 0.4) is 0 Å². The summed E-state index contributed by atoms with van der Waals surface area (Å²) in [5.41, 5.74) is -1.52. The van der Waals surface area contributed by atoms with Crippen molar-refractivity contribution in [3.63, 3.8) is 0 Å². The quantitative estimate of drug-likeness (QED) is 0.166. The van der Waals surface area contributed by atoms with Gasteiger partial charge in [-0.2, -0.15) is 4.99 Å². The highest BCUT2D eigenvalue weighted by molar-refractivity contribution is 7.12. The average molecular weight is 532 g/mol. The maximum atomic E-state index is 13.3. The molecule has 0 saturated carbocycles. The van der Waals surface area contributed by atoms with E-state index in [0.717, 1.165) is 12.8 Å². The number of hydrogen-bond donors (Lipinski definition) is 1. The first kappa shape index (κ1) is 30.5. The molecular weight excluding hydrogens is 490 g/mol. The lowest BCUT2D eigenvalue weighted by atomic mass is 9.73. The molecule has 204 valence electrons. The molecule has 2 aromatic rings. The van der Waals surface area contributed by atoms with Gasteiger partial charge >= 0.3 is 11.7 Å². The summed E-state index contributed by atoms with van der Waals surface area (Å²) >= 11 is 1.78. The van der Waals surface area contributed by atoms with Gasteiger partial charge in [-0.15, -0.1) is 11.3 Å². The molecule has 0 radical (unpaired) electrons. The molecule has 8 heteroatoms. The number of ketones is 1. The summed E-state index contributed by atoms with van der Waals surface area (Å²) < 4.78 is 9.92. The number of unbranched alkanes of at least 4 members (excludes halogenated alkanes) is 1. The monoisotopic (exact) mass is 531 g/mol. The fourth-order valence-corrected chi connectivity index (χ4v) is 5.35. The predicted molar refractivity (Wildman–Crippen MR) is 148 cm³/mol. The molecule has 2 atom stereocenters. The lowest BCUT2D eigenvalue weighted by Gasteiger charge is -2.30. The number of hydrogen-bond acceptors (Lipinski definition) is 7.